The Labute approximate surface area is 107 Å². The van der Waals surface area contributed by atoms with Gasteiger partial charge in [0.15, 0.2) is 0 Å². The molecular formula is C13H21NO4. The maximum atomic E-state index is 11.4. The predicted octanol–water partition coefficient (Wildman–Crippen LogP) is 1.81. The average Bonchev–Trinajstić information content (AvgIpc) is 2.63. The molecule has 0 bridgehead atoms. The van der Waals surface area contributed by atoms with Gasteiger partial charge in [-0.2, -0.15) is 0 Å². The number of rotatable bonds is 8. The summed E-state index contributed by atoms with van der Waals surface area (Å²) in [5, 5.41) is 8.68. The minimum absolute atomic E-state index is 0.0894. The van der Waals surface area contributed by atoms with Gasteiger partial charge in [-0.15, -0.1) is 0 Å². The summed E-state index contributed by atoms with van der Waals surface area (Å²) in [4.78, 5) is 34.7. The van der Waals surface area contributed by atoms with Crippen LogP contribution in [-0.4, -0.2) is 34.3 Å². The first-order valence-electron chi connectivity index (χ1n) is 6.59. The predicted molar refractivity (Wildman–Crippen MR) is 65.8 cm³/mol. The molecule has 0 aromatic rings. The van der Waals surface area contributed by atoms with E-state index in [0.717, 1.165) is 19.3 Å². The second-order valence-electron chi connectivity index (χ2n) is 4.81. The maximum Gasteiger partial charge on any atom is 0.303 e. The Kier molecular flexibility index (Phi) is 5.82. The molecule has 1 N–H and O–H groups in total. The van der Waals surface area contributed by atoms with Crippen molar-refractivity contribution in [2.24, 2.45) is 5.92 Å². The average molecular weight is 255 g/mol. The fourth-order valence-corrected chi connectivity index (χ4v) is 2.35. The van der Waals surface area contributed by atoms with Gasteiger partial charge in [0.05, 0.1) is 0 Å². The lowest BCUT2D eigenvalue weighted by Gasteiger charge is -2.19. The first-order valence-corrected chi connectivity index (χ1v) is 6.59. The van der Waals surface area contributed by atoms with Crippen molar-refractivity contribution >= 4 is 17.8 Å². The molecule has 5 nitrogen and oxygen atoms in total. The quantitative estimate of drug-likeness (QED) is 0.671. The third-order valence-corrected chi connectivity index (χ3v) is 3.38. The van der Waals surface area contributed by atoms with Crippen LogP contribution in [0.4, 0.5) is 0 Å². The zero-order valence-electron chi connectivity index (χ0n) is 10.9. The molecule has 18 heavy (non-hydrogen) atoms. The van der Waals surface area contributed by atoms with E-state index in [0.29, 0.717) is 25.8 Å². The van der Waals surface area contributed by atoms with Crippen LogP contribution in [0.1, 0.15) is 51.9 Å². The van der Waals surface area contributed by atoms with Crippen molar-refractivity contribution in [2.45, 2.75) is 51.9 Å². The molecule has 1 heterocycles. The van der Waals surface area contributed by atoms with E-state index in [2.05, 4.69) is 6.92 Å². The van der Waals surface area contributed by atoms with Crippen molar-refractivity contribution in [3.63, 3.8) is 0 Å². The molecule has 1 aliphatic heterocycles. The highest BCUT2D eigenvalue weighted by Gasteiger charge is 2.28. The van der Waals surface area contributed by atoms with Crippen LogP contribution in [0.15, 0.2) is 0 Å². The van der Waals surface area contributed by atoms with E-state index in [1.165, 1.54) is 4.90 Å². The summed E-state index contributed by atoms with van der Waals surface area (Å²) in [5.41, 5.74) is 0. The van der Waals surface area contributed by atoms with E-state index in [9.17, 15) is 14.4 Å². The van der Waals surface area contributed by atoms with Crippen LogP contribution < -0.4 is 0 Å². The molecule has 0 spiro atoms. The highest BCUT2D eigenvalue weighted by Crippen LogP contribution is 2.20. The molecule has 0 radical (unpaired) electrons. The molecule has 5 heteroatoms. The molecule has 1 saturated heterocycles. The molecule has 2 amide bonds. The summed E-state index contributed by atoms with van der Waals surface area (Å²) in [5.74, 6) is -0.682. The summed E-state index contributed by atoms with van der Waals surface area (Å²) in [6.07, 6.45) is 4.10. The lowest BCUT2D eigenvalue weighted by Crippen LogP contribution is -2.31. The number of hydrogen-bond acceptors (Lipinski definition) is 3. The summed E-state index contributed by atoms with van der Waals surface area (Å²) in [6.45, 7) is 2.50. The molecule has 102 valence electrons. The molecule has 1 unspecified atom stereocenters. The highest BCUT2D eigenvalue weighted by molar-refractivity contribution is 6.01. The van der Waals surface area contributed by atoms with Crippen LogP contribution in [-0.2, 0) is 14.4 Å². The topological polar surface area (TPSA) is 74.7 Å². The van der Waals surface area contributed by atoms with Gasteiger partial charge >= 0.3 is 5.97 Å². The van der Waals surface area contributed by atoms with Crippen molar-refractivity contribution in [1.82, 2.24) is 4.90 Å². The second kappa shape index (κ2) is 7.13. The summed E-state index contributed by atoms with van der Waals surface area (Å²) < 4.78 is 0. The Hall–Kier alpha value is -1.39. The van der Waals surface area contributed by atoms with Crippen LogP contribution in [0, 0.1) is 5.92 Å². The normalized spacial score (nSPS) is 17.3. The van der Waals surface area contributed by atoms with Gasteiger partial charge in [-0.05, 0) is 18.8 Å². The zero-order valence-corrected chi connectivity index (χ0v) is 10.9. The van der Waals surface area contributed by atoms with Gasteiger partial charge in [0.2, 0.25) is 11.8 Å². The number of nitrogens with zero attached hydrogens (tertiary/aromatic N) is 1. The Morgan fingerprint density at radius 2 is 1.83 bits per heavy atom. The van der Waals surface area contributed by atoms with E-state index >= 15 is 0 Å². The second-order valence-corrected chi connectivity index (χ2v) is 4.81. The largest absolute Gasteiger partial charge is 0.481 e. The van der Waals surface area contributed by atoms with Gasteiger partial charge in [-0.25, -0.2) is 0 Å². The molecule has 1 atom stereocenters. The number of carboxylic acid groups (broad SMARTS) is 1. The van der Waals surface area contributed by atoms with E-state index in [1.54, 1.807) is 0 Å². The molecule has 1 rings (SSSR count). The standard InChI is InChI=1S/C13H21NO4/c1-2-3-10(4-7-13(17)18)8-9-14-11(15)5-6-12(14)16/h10H,2-9H2,1H3,(H,17,18). The number of amides is 2. The minimum Gasteiger partial charge on any atom is -0.481 e. The Balaban J connectivity index is 2.38. The van der Waals surface area contributed by atoms with Crippen molar-refractivity contribution in [2.75, 3.05) is 6.54 Å². The van der Waals surface area contributed by atoms with Gasteiger partial charge in [-0.3, -0.25) is 19.3 Å². The number of aliphatic carboxylic acids is 1. The first kappa shape index (κ1) is 14.7. The number of imide groups is 1. The van der Waals surface area contributed by atoms with Crippen LogP contribution >= 0.6 is 0 Å². The van der Waals surface area contributed by atoms with Crippen molar-refractivity contribution in [3.8, 4) is 0 Å². The third-order valence-electron chi connectivity index (χ3n) is 3.38. The van der Waals surface area contributed by atoms with Gasteiger partial charge in [0.25, 0.3) is 0 Å². The van der Waals surface area contributed by atoms with Gasteiger partial charge < -0.3 is 5.11 Å². The van der Waals surface area contributed by atoms with E-state index in [1.807, 2.05) is 0 Å². The molecule has 1 fully saturated rings. The number of carbonyl (C=O) groups excluding carboxylic acids is 2. The SMILES string of the molecule is CCCC(CCC(=O)O)CCN1C(=O)CCC1=O. The molecule has 0 saturated carbocycles. The lowest BCUT2D eigenvalue weighted by atomic mass is 9.94. The van der Waals surface area contributed by atoms with E-state index in [4.69, 9.17) is 5.11 Å². The molecule has 0 aromatic heterocycles. The van der Waals surface area contributed by atoms with Crippen molar-refractivity contribution in [1.29, 1.82) is 0 Å². The van der Waals surface area contributed by atoms with Gasteiger partial charge in [0, 0.05) is 25.8 Å². The smallest absolute Gasteiger partial charge is 0.303 e. The van der Waals surface area contributed by atoms with E-state index in [-0.39, 0.29) is 24.2 Å². The number of hydrogen-bond donors (Lipinski definition) is 1. The van der Waals surface area contributed by atoms with Crippen molar-refractivity contribution < 1.29 is 19.5 Å². The number of carbonyl (C=O) groups is 3. The number of carboxylic acids is 1. The van der Waals surface area contributed by atoms with Crippen molar-refractivity contribution in [3.05, 3.63) is 0 Å². The highest BCUT2D eigenvalue weighted by atomic mass is 16.4. The summed E-state index contributed by atoms with van der Waals surface area (Å²) in [7, 11) is 0. The fourth-order valence-electron chi connectivity index (χ4n) is 2.35. The Morgan fingerprint density at radius 1 is 1.22 bits per heavy atom. The fraction of sp³-hybridized carbons (Fsp3) is 0.769. The van der Waals surface area contributed by atoms with Gasteiger partial charge in [-0.1, -0.05) is 19.8 Å². The van der Waals surface area contributed by atoms with E-state index < -0.39 is 5.97 Å². The minimum atomic E-state index is -0.788. The Morgan fingerprint density at radius 3 is 2.33 bits per heavy atom. The Bertz CT molecular complexity index is 311. The molecular weight excluding hydrogens is 234 g/mol. The summed E-state index contributed by atoms with van der Waals surface area (Å²) >= 11 is 0. The van der Waals surface area contributed by atoms with Crippen LogP contribution in [0.2, 0.25) is 0 Å². The van der Waals surface area contributed by atoms with Gasteiger partial charge in [0.1, 0.15) is 0 Å². The van der Waals surface area contributed by atoms with Crippen LogP contribution in [0.25, 0.3) is 0 Å². The zero-order chi connectivity index (χ0) is 13.5. The molecule has 0 aromatic carbocycles. The lowest BCUT2D eigenvalue weighted by molar-refractivity contribution is -0.140. The van der Waals surface area contributed by atoms with Crippen LogP contribution in [0.3, 0.4) is 0 Å². The first-order chi connectivity index (χ1) is 8.54. The third kappa shape index (κ3) is 4.47. The monoisotopic (exact) mass is 255 g/mol. The summed E-state index contributed by atoms with van der Waals surface area (Å²) in [6, 6.07) is 0. The number of likely N-dealkylation sites (tertiary alicyclic amines) is 1. The molecule has 1 aliphatic rings. The molecule has 0 aliphatic carbocycles. The maximum absolute atomic E-state index is 11.4. The van der Waals surface area contributed by atoms with Crippen LogP contribution in [0.5, 0.6) is 0 Å².